The summed E-state index contributed by atoms with van der Waals surface area (Å²) in [7, 11) is 0. The zero-order chi connectivity index (χ0) is 25.3. The fraction of sp³-hybridized carbons (Fsp3) is 0.414. The van der Waals surface area contributed by atoms with Crippen molar-refractivity contribution in [3.63, 3.8) is 0 Å². The topological polar surface area (TPSA) is 102 Å². The molecule has 0 radical (unpaired) electrons. The highest BCUT2D eigenvalue weighted by Gasteiger charge is 2.51. The molecule has 7 nitrogen and oxygen atoms in total. The number of rotatable bonds is 7. The second kappa shape index (κ2) is 9.80. The molecule has 0 spiro atoms. The molecule has 188 valence electrons. The van der Waals surface area contributed by atoms with Crippen molar-refractivity contribution in [3.8, 4) is 0 Å². The number of aromatic nitrogens is 1. The van der Waals surface area contributed by atoms with Crippen LogP contribution in [0.15, 0.2) is 59.1 Å². The van der Waals surface area contributed by atoms with E-state index in [9.17, 15) is 14.7 Å². The number of nitrogens with zero attached hydrogens (tertiary/aromatic N) is 1. The Kier molecular flexibility index (Phi) is 6.56. The van der Waals surface area contributed by atoms with Crippen LogP contribution in [0, 0.1) is 6.92 Å². The van der Waals surface area contributed by atoms with Gasteiger partial charge in [-0.3, -0.25) is 10.1 Å². The predicted octanol–water partition coefficient (Wildman–Crippen LogP) is 6.85. The average molecular weight is 489 g/mol. The summed E-state index contributed by atoms with van der Waals surface area (Å²) in [5.41, 5.74) is 3.68. The van der Waals surface area contributed by atoms with Gasteiger partial charge in [0.05, 0.1) is 5.41 Å². The number of aliphatic carboxylic acids is 1. The minimum atomic E-state index is -0.721. The molecule has 0 bridgehead atoms. The second-order valence-corrected chi connectivity index (χ2v) is 10.1. The molecule has 2 N–H and O–H groups in total. The molecule has 7 heteroatoms. The van der Waals surface area contributed by atoms with Gasteiger partial charge >= 0.3 is 12.1 Å². The van der Waals surface area contributed by atoms with Crippen LogP contribution >= 0.6 is 0 Å². The lowest BCUT2D eigenvalue weighted by atomic mass is 9.77. The lowest BCUT2D eigenvalue weighted by Gasteiger charge is -2.28. The van der Waals surface area contributed by atoms with E-state index in [0.29, 0.717) is 23.1 Å². The van der Waals surface area contributed by atoms with Gasteiger partial charge in [-0.25, -0.2) is 4.79 Å². The third-order valence-corrected chi connectivity index (χ3v) is 7.86. The summed E-state index contributed by atoms with van der Waals surface area (Å²) in [4.78, 5) is 24.2. The number of aryl methyl sites for hydroxylation is 1. The van der Waals surface area contributed by atoms with Crippen LogP contribution in [0.5, 0.6) is 0 Å². The number of carboxylic acid groups (broad SMARTS) is 1. The number of carboxylic acids is 1. The standard InChI is InChI=1S/C29H32N2O5/c1-18-25(30-28(34)35-19(2)20-6-4-3-5-7-20)26(36-31-18)23-10-8-21(9-11-23)22-12-14-24(15-13-22)29(16-17-29)27(32)33/h3-7,12-15,19,21,23H,8-11,16-17H2,1-2H3,(H,30,34)(H,32,33). The highest BCUT2D eigenvalue weighted by atomic mass is 16.6. The van der Waals surface area contributed by atoms with Crippen molar-refractivity contribution in [2.45, 2.75) is 75.7 Å². The number of hydrogen-bond donors (Lipinski definition) is 2. The van der Waals surface area contributed by atoms with Gasteiger partial charge < -0.3 is 14.4 Å². The molecule has 2 saturated carbocycles. The third kappa shape index (κ3) is 4.74. The maximum absolute atomic E-state index is 12.6. The molecule has 1 unspecified atom stereocenters. The Morgan fingerprint density at radius 2 is 1.67 bits per heavy atom. The molecule has 2 aromatic carbocycles. The molecular formula is C29H32N2O5. The number of benzene rings is 2. The summed E-state index contributed by atoms with van der Waals surface area (Å²) in [5, 5.41) is 16.5. The van der Waals surface area contributed by atoms with Crippen molar-refractivity contribution in [1.82, 2.24) is 5.16 Å². The van der Waals surface area contributed by atoms with E-state index in [0.717, 1.165) is 49.7 Å². The first-order valence-electron chi connectivity index (χ1n) is 12.7. The fourth-order valence-corrected chi connectivity index (χ4v) is 5.42. The van der Waals surface area contributed by atoms with Crippen LogP contribution in [-0.2, 0) is 14.9 Å². The second-order valence-electron chi connectivity index (χ2n) is 10.1. The maximum atomic E-state index is 12.6. The highest BCUT2D eigenvalue weighted by Crippen LogP contribution is 2.49. The summed E-state index contributed by atoms with van der Waals surface area (Å²) < 4.78 is 11.3. The zero-order valence-corrected chi connectivity index (χ0v) is 20.7. The van der Waals surface area contributed by atoms with E-state index >= 15 is 0 Å². The van der Waals surface area contributed by atoms with Crippen LogP contribution in [0.3, 0.4) is 0 Å². The molecule has 3 aromatic rings. The molecule has 5 rings (SSSR count). The Balaban J connectivity index is 1.20. The van der Waals surface area contributed by atoms with E-state index in [-0.39, 0.29) is 12.0 Å². The predicted molar refractivity (Wildman–Crippen MR) is 135 cm³/mol. The number of anilines is 1. The van der Waals surface area contributed by atoms with Gasteiger partial charge in [0.15, 0.2) is 5.76 Å². The Bertz CT molecular complexity index is 1220. The molecular weight excluding hydrogens is 456 g/mol. The van der Waals surface area contributed by atoms with Gasteiger partial charge in [-0.05, 0) is 75.0 Å². The van der Waals surface area contributed by atoms with Crippen molar-refractivity contribution in [3.05, 3.63) is 82.7 Å². The van der Waals surface area contributed by atoms with E-state index in [4.69, 9.17) is 9.26 Å². The molecule has 1 atom stereocenters. The molecule has 2 aliphatic rings. The highest BCUT2D eigenvalue weighted by molar-refractivity contribution is 5.86. The number of ether oxygens (including phenoxy) is 1. The maximum Gasteiger partial charge on any atom is 0.412 e. The van der Waals surface area contributed by atoms with E-state index in [2.05, 4.69) is 22.6 Å². The number of nitrogens with one attached hydrogen (secondary N) is 1. The summed E-state index contributed by atoms with van der Waals surface area (Å²) in [6, 6.07) is 17.8. The first-order valence-corrected chi connectivity index (χ1v) is 12.7. The zero-order valence-electron chi connectivity index (χ0n) is 20.7. The Labute approximate surface area is 210 Å². The van der Waals surface area contributed by atoms with Crippen LogP contribution in [-0.4, -0.2) is 22.3 Å². The van der Waals surface area contributed by atoms with Crippen LogP contribution in [0.1, 0.15) is 91.5 Å². The molecule has 36 heavy (non-hydrogen) atoms. The fourth-order valence-electron chi connectivity index (χ4n) is 5.42. The van der Waals surface area contributed by atoms with Crippen molar-refractivity contribution in [1.29, 1.82) is 0 Å². The molecule has 1 aromatic heterocycles. The lowest BCUT2D eigenvalue weighted by molar-refractivity contribution is -0.140. The van der Waals surface area contributed by atoms with Gasteiger partial charge in [0.25, 0.3) is 0 Å². The smallest absolute Gasteiger partial charge is 0.412 e. The molecule has 0 aliphatic heterocycles. The summed E-state index contributed by atoms with van der Waals surface area (Å²) >= 11 is 0. The first kappa shape index (κ1) is 24.1. The quantitative estimate of drug-likeness (QED) is 0.377. The SMILES string of the molecule is Cc1noc(C2CCC(c3ccc(C4(C(=O)O)CC4)cc3)CC2)c1NC(=O)OC(C)c1ccccc1. The van der Waals surface area contributed by atoms with E-state index in [1.807, 2.05) is 56.3 Å². The Morgan fingerprint density at radius 3 is 2.28 bits per heavy atom. The largest absolute Gasteiger partial charge is 0.481 e. The van der Waals surface area contributed by atoms with Crippen molar-refractivity contribution < 1.29 is 24.0 Å². The minimum absolute atomic E-state index is 0.172. The van der Waals surface area contributed by atoms with E-state index < -0.39 is 17.5 Å². The third-order valence-electron chi connectivity index (χ3n) is 7.86. The molecule has 1 amide bonds. The number of amides is 1. The Hall–Kier alpha value is -3.61. The average Bonchev–Trinajstić information content (AvgIpc) is 3.64. The number of hydrogen-bond acceptors (Lipinski definition) is 5. The summed E-state index contributed by atoms with van der Waals surface area (Å²) in [5.74, 6) is 0.585. The number of carbonyl (C=O) groups is 2. The van der Waals surface area contributed by atoms with Gasteiger partial charge in [-0.2, -0.15) is 0 Å². The van der Waals surface area contributed by atoms with Gasteiger partial charge in [0.1, 0.15) is 17.5 Å². The van der Waals surface area contributed by atoms with Gasteiger partial charge in [-0.1, -0.05) is 59.8 Å². The number of carbonyl (C=O) groups excluding carboxylic acids is 1. The van der Waals surface area contributed by atoms with Crippen molar-refractivity contribution in [2.24, 2.45) is 0 Å². The minimum Gasteiger partial charge on any atom is -0.481 e. The normalized spacial score (nSPS) is 21.4. The van der Waals surface area contributed by atoms with Gasteiger partial charge in [0, 0.05) is 5.92 Å². The van der Waals surface area contributed by atoms with Crippen LogP contribution in [0.2, 0.25) is 0 Å². The first-order chi connectivity index (χ1) is 17.4. The monoisotopic (exact) mass is 488 g/mol. The van der Waals surface area contributed by atoms with Crippen molar-refractivity contribution >= 4 is 17.7 Å². The van der Waals surface area contributed by atoms with E-state index in [1.54, 1.807) is 0 Å². The van der Waals surface area contributed by atoms with E-state index in [1.165, 1.54) is 5.56 Å². The van der Waals surface area contributed by atoms with Crippen molar-refractivity contribution in [2.75, 3.05) is 5.32 Å². The molecule has 2 fully saturated rings. The van der Waals surface area contributed by atoms with Gasteiger partial charge in [-0.15, -0.1) is 0 Å². The molecule has 2 aliphatic carbocycles. The molecule has 1 heterocycles. The van der Waals surface area contributed by atoms with Crippen LogP contribution in [0.25, 0.3) is 0 Å². The summed E-state index contributed by atoms with van der Waals surface area (Å²) in [6.07, 6.45) is 4.36. The lowest BCUT2D eigenvalue weighted by Crippen LogP contribution is -2.20. The van der Waals surface area contributed by atoms with Crippen LogP contribution < -0.4 is 5.32 Å². The van der Waals surface area contributed by atoms with Gasteiger partial charge in [0.2, 0.25) is 0 Å². The van der Waals surface area contributed by atoms with Crippen LogP contribution in [0.4, 0.5) is 10.5 Å². The summed E-state index contributed by atoms with van der Waals surface area (Å²) in [6.45, 7) is 3.66. The molecule has 0 saturated heterocycles. The Morgan fingerprint density at radius 1 is 1.03 bits per heavy atom.